The van der Waals surface area contributed by atoms with Crippen LogP contribution in [0.5, 0.6) is 0 Å². The molecule has 1 aromatic carbocycles. The van der Waals surface area contributed by atoms with Gasteiger partial charge >= 0.3 is 0 Å². The minimum atomic E-state index is -0.281. The standard InChI is InChI=1S/C18H20BrN3O2/c1-4-12(3)21-18(24)16-10-13(7-8-20-16)17(23)22-14-5-6-15(19)11(2)9-14/h5-10,12H,4H2,1-3H3,(H,21,24)(H,22,23). The Morgan fingerprint density at radius 3 is 2.62 bits per heavy atom. The predicted octanol–water partition coefficient (Wildman–Crippen LogP) is 3.93. The van der Waals surface area contributed by atoms with Crippen molar-refractivity contribution in [2.45, 2.75) is 33.2 Å². The summed E-state index contributed by atoms with van der Waals surface area (Å²) in [5, 5.41) is 5.66. The third-order valence-corrected chi connectivity index (χ3v) is 4.55. The second-order valence-electron chi connectivity index (χ2n) is 5.63. The first-order valence-corrected chi connectivity index (χ1v) is 8.54. The van der Waals surface area contributed by atoms with Gasteiger partial charge in [0.1, 0.15) is 5.69 Å². The van der Waals surface area contributed by atoms with Gasteiger partial charge in [0.05, 0.1) is 0 Å². The van der Waals surface area contributed by atoms with Gasteiger partial charge in [-0.2, -0.15) is 0 Å². The van der Waals surface area contributed by atoms with E-state index in [9.17, 15) is 9.59 Å². The second-order valence-corrected chi connectivity index (χ2v) is 6.48. The van der Waals surface area contributed by atoms with Crippen molar-refractivity contribution in [3.63, 3.8) is 0 Å². The maximum absolute atomic E-state index is 12.4. The molecule has 0 aliphatic carbocycles. The fourth-order valence-electron chi connectivity index (χ4n) is 2.02. The summed E-state index contributed by atoms with van der Waals surface area (Å²) in [6.07, 6.45) is 2.29. The van der Waals surface area contributed by atoms with E-state index in [1.165, 1.54) is 12.3 Å². The second kappa shape index (κ2) is 8.06. The van der Waals surface area contributed by atoms with Crippen LogP contribution in [0.2, 0.25) is 0 Å². The monoisotopic (exact) mass is 389 g/mol. The third-order valence-electron chi connectivity index (χ3n) is 3.66. The molecule has 2 aromatic rings. The van der Waals surface area contributed by atoms with Crippen molar-refractivity contribution in [1.82, 2.24) is 10.3 Å². The molecule has 5 nitrogen and oxygen atoms in total. The van der Waals surface area contributed by atoms with Crippen molar-refractivity contribution in [3.8, 4) is 0 Å². The molecular weight excluding hydrogens is 370 g/mol. The van der Waals surface area contributed by atoms with Crippen LogP contribution in [0.25, 0.3) is 0 Å². The molecule has 0 aliphatic rings. The lowest BCUT2D eigenvalue weighted by Gasteiger charge is -2.11. The van der Waals surface area contributed by atoms with E-state index < -0.39 is 0 Å². The van der Waals surface area contributed by atoms with E-state index in [-0.39, 0.29) is 23.6 Å². The fourth-order valence-corrected chi connectivity index (χ4v) is 2.27. The summed E-state index contributed by atoms with van der Waals surface area (Å²) in [6, 6.07) is 8.71. The molecule has 6 heteroatoms. The third kappa shape index (κ3) is 4.64. The number of rotatable bonds is 5. The first kappa shape index (κ1) is 18.1. The van der Waals surface area contributed by atoms with Crippen LogP contribution in [0.1, 0.15) is 46.7 Å². The number of nitrogens with one attached hydrogen (secondary N) is 2. The molecular formula is C18H20BrN3O2. The van der Waals surface area contributed by atoms with Gasteiger partial charge in [0, 0.05) is 28.0 Å². The molecule has 1 unspecified atom stereocenters. The highest BCUT2D eigenvalue weighted by Gasteiger charge is 2.13. The van der Waals surface area contributed by atoms with Crippen LogP contribution in [-0.2, 0) is 0 Å². The summed E-state index contributed by atoms with van der Waals surface area (Å²) in [5.74, 6) is -0.560. The lowest BCUT2D eigenvalue weighted by Crippen LogP contribution is -2.32. The Morgan fingerprint density at radius 1 is 1.21 bits per heavy atom. The lowest BCUT2D eigenvalue weighted by molar-refractivity contribution is 0.0934. The lowest BCUT2D eigenvalue weighted by atomic mass is 10.1. The van der Waals surface area contributed by atoms with Gasteiger partial charge in [-0.15, -0.1) is 0 Å². The van der Waals surface area contributed by atoms with Gasteiger partial charge in [0.15, 0.2) is 0 Å². The van der Waals surface area contributed by atoms with Gasteiger partial charge in [-0.25, -0.2) is 0 Å². The smallest absolute Gasteiger partial charge is 0.270 e. The first-order valence-electron chi connectivity index (χ1n) is 7.75. The molecule has 0 fully saturated rings. The van der Waals surface area contributed by atoms with E-state index in [0.717, 1.165) is 16.5 Å². The maximum atomic E-state index is 12.4. The van der Waals surface area contributed by atoms with Crippen LogP contribution in [-0.4, -0.2) is 22.8 Å². The first-order chi connectivity index (χ1) is 11.4. The van der Waals surface area contributed by atoms with Crippen molar-refractivity contribution >= 4 is 33.4 Å². The molecule has 126 valence electrons. The minimum Gasteiger partial charge on any atom is -0.348 e. The van der Waals surface area contributed by atoms with E-state index in [0.29, 0.717) is 11.3 Å². The van der Waals surface area contributed by atoms with Crippen LogP contribution >= 0.6 is 15.9 Å². The average Bonchev–Trinajstić information content (AvgIpc) is 2.58. The van der Waals surface area contributed by atoms with Crippen LogP contribution in [0, 0.1) is 6.92 Å². The van der Waals surface area contributed by atoms with Crippen LogP contribution in [0.3, 0.4) is 0 Å². The Kier molecular flexibility index (Phi) is 6.09. The summed E-state index contributed by atoms with van der Waals surface area (Å²) in [4.78, 5) is 28.5. The number of hydrogen-bond acceptors (Lipinski definition) is 3. The van der Waals surface area contributed by atoms with Crippen LogP contribution in [0.15, 0.2) is 41.0 Å². The summed E-state index contributed by atoms with van der Waals surface area (Å²) in [7, 11) is 0. The number of aromatic nitrogens is 1. The van der Waals surface area contributed by atoms with Crippen LogP contribution < -0.4 is 10.6 Å². The topological polar surface area (TPSA) is 71.1 Å². The molecule has 2 amide bonds. The Hall–Kier alpha value is -2.21. The number of hydrogen-bond donors (Lipinski definition) is 2. The number of carbonyl (C=O) groups excluding carboxylic acids is 2. The van der Waals surface area contributed by atoms with E-state index in [2.05, 4.69) is 31.5 Å². The predicted molar refractivity (Wildman–Crippen MR) is 98.3 cm³/mol. The van der Waals surface area contributed by atoms with Crippen molar-refractivity contribution in [3.05, 3.63) is 57.8 Å². The minimum absolute atomic E-state index is 0.0579. The van der Waals surface area contributed by atoms with E-state index in [4.69, 9.17) is 0 Å². The molecule has 1 atom stereocenters. The van der Waals surface area contributed by atoms with E-state index >= 15 is 0 Å². The Balaban J connectivity index is 2.13. The highest BCUT2D eigenvalue weighted by Crippen LogP contribution is 2.20. The largest absolute Gasteiger partial charge is 0.348 e. The van der Waals surface area contributed by atoms with Gasteiger partial charge in [0.2, 0.25) is 0 Å². The van der Waals surface area contributed by atoms with Crippen LogP contribution in [0.4, 0.5) is 5.69 Å². The number of pyridine rings is 1. The number of aryl methyl sites for hydroxylation is 1. The van der Waals surface area contributed by atoms with Crippen molar-refractivity contribution in [1.29, 1.82) is 0 Å². The molecule has 0 bridgehead atoms. The highest BCUT2D eigenvalue weighted by molar-refractivity contribution is 9.10. The van der Waals surface area contributed by atoms with Crippen molar-refractivity contribution in [2.75, 3.05) is 5.32 Å². The molecule has 0 spiro atoms. The summed E-state index contributed by atoms with van der Waals surface area (Å²) >= 11 is 3.43. The summed E-state index contributed by atoms with van der Waals surface area (Å²) in [6.45, 7) is 5.86. The number of nitrogens with zero attached hydrogens (tertiary/aromatic N) is 1. The molecule has 0 radical (unpaired) electrons. The molecule has 0 aliphatic heterocycles. The van der Waals surface area contributed by atoms with Gasteiger partial charge in [-0.1, -0.05) is 22.9 Å². The number of halogens is 1. The summed E-state index contributed by atoms with van der Waals surface area (Å²) in [5.41, 5.74) is 2.34. The van der Waals surface area contributed by atoms with Gasteiger partial charge in [0.25, 0.3) is 11.8 Å². The molecule has 2 N–H and O–H groups in total. The number of anilines is 1. The zero-order chi connectivity index (χ0) is 17.7. The van der Waals surface area contributed by atoms with Gasteiger partial charge in [-0.3, -0.25) is 14.6 Å². The Labute approximate surface area is 150 Å². The van der Waals surface area contributed by atoms with Crippen molar-refractivity contribution in [2.24, 2.45) is 0 Å². The summed E-state index contributed by atoms with van der Waals surface area (Å²) < 4.78 is 0.980. The zero-order valence-electron chi connectivity index (χ0n) is 13.9. The molecule has 0 saturated heterocycles. The fraction of sp³-hybridized carbons (Fsp3) is 0.278. The molecule has 0 saturated carbocycles. The molecule has 2 rings (SSSR count). The van der Waals surface area contributed by atoms with E-state index in [1.807, 2.05) is 39.0 Å². The number of carbonyl (C=O) groups is 2. The van der Waals surface area contributed by atoms with Crippen molar-refractivity contribution < 1.29 is 9.59 Å². The quantitative estimate of drug-likeness (QED) is 0.813. The van der Waals surface area contributed by atoms with E-state index in [1.54, 1.807) is 6.07 Å². The number of benzene rings is 1. The molecule has 1 aromatic heterocycles. The Morgan fingerprint density at radius 2 is 1.96 bits per heavy atom. The highest BCUT2D eigenvalue weighted by atomic mass is 79.9. The zero-order valence-corrected chi connectivity index (χ0v) is 15.5. The molecule has 24 heavy (non-hydrogen) atoms. The normalized spacial score (nSPS) is 11.7. The van der Waals surface area contributed by atoms with Gasteiger partial charge in [-0.05, 0) is 56.2 Å². The molecule has 1 heterocycles. The maximum Gasteiger partial charge on any atom is 0.270 e. The van der Waals surface area contributed by atoms with Gasteiger partial charge < -0.3 is 10.6 Å². The number of amides is 2. The average molecular weight is 390 g/mol. The Bertz CT molecular complexity index is 762. The SMILES string of the molecule is CCC(C)NC(=O)c1cc(C(=O)Nc2ccc(Br)c(C)c2)ccn1.